The number of amidine groups is 1. The van der Waals surface area contributed by atoms with Crippen LogP contribution in [0.5, 0.6) is 0 Å². The van der Waals surface area contributed by atoms with Crippen LogP contribution in [0.2, 0.25) is 0 Å². The second kappa shape index (κ2) is 3.57. The van der Waals surface area contributed by atoms with E-state index in [-0.39, 0.29) is 12.3 Å². The van der Waals surface area contributed by atoms with Gasteiger partial charge in [0.05, 0.1) is 0 Å². The molecule has 0 aromatic carbocycles. The van der Waals surface area contributed by atoms with Crippen LogP contribution in [0.15, 0.2) is 0 Å². The van der Waals surface area contributed by atoms with Gasteiger partial charge >= 0.3 is 6.03 Å². The Balaban J connectivity index is 2.03. The minimum atomic E-state index is -0.194. The van der Waals surface area contributed by atoms with E-state index in [0.717, 1.165) is 13.0 Å². The van der Waals surface area contributed by atoms with Gasteiger partial charge in [-0.2, -0.15) is 0 Å². The molecule has 5 heteroatoms. The van der Waals surface area contributed by atoms with Gasteiger partial charge in [0.15, 0.2) is 0 Å². The lowest BCUT2D eigenvalue weighted by Gasteiger charge is -2.34. The van der Waals surface area contributed by atoms with E-state index < -0.39 is 0 Å². The van der Waals surface area contributed by atoms with Crippen LogP contribution in [0.3, 0.4) is 0 Å². The first-order chi connectivity index (χ1) is 6.68. The number of hydrogen-bond acceptors (Lipinski definition) is 3. The topological polar surface area (TPSA) is 65.4 Å². The van der Waals surface area contributed by atoms with Crippen molar-refractivity contribution < 1.29 is 9.53 Å². The summed E-state index contributed by atoms with van der Waals surface area (Å²) in [6.07, 6.45) is 1.51. The molecule has 2 rings (SSSR count). The molecule has 2 N–H and O–H groups in total. The first-order valence-corrected chi connectivity index (χ1v) is 4.95. The molecule has 2 heterocycles. The third kappa shape index (κ3) is 1.59. The first-order valence-electron chi connectivity index (χ1n) is 4.95. The van der Waals surface area contributed by atoms with Gasteiger partial charge in [-0.15, -0.1) is 0 Å². The van der Waals surface area contributed by atoms with E-state index in [1.165, 1.54) is 0 Å². The van der Waals surface area contributed by atoms with Crippen molar-refractivity contribution in [2.75, 3.05) is 13.2 Å². The molecule has 2 atom stereocenters. The summed E-state index contributed by atoms with van der Waals surface area (Å²) in [5, 5.41) is 9.85. The van der Waals surface area contributed by atoms with Crippen LogP contribution >= 0.6 is 0 Å². The lowest BCUT2D eigenvalue weighted by atomic mass is 10.1. The third-order valence-corrected chi connectivity index (χ3v) is 2.78. The Labute approximate surface area is 82.9 Å². The molecule has 5 nitrogen and oxygen atoms in total. The largest absolute Gasteiger partial charge is 0.358 e. The van der Waals surface area contributed by atoms with Crippen molar-refractivity contribution in [2.24, 2.45) is 5.92 Å². The molecule has 2 aliphatic heterocycles. The summed E-state index contributed by atoms with van der Waals surface area (Å²) in [6, 6.07) is -0.194. The zero-order valence-corrected chi connectivity index (χ0v) is 8.25. The summed E-state index contributed by atoms with van der Waals surface area (Å²) < 4.78 is 5.50. The number of rotatable bonds is 1. The number of urea groups is 1. The number of hydrogen-bond donors (Lipinski definition) is 2. The fourth-order valence-electron chi connectivity index (χ4n) is 1.92. The van der Waals surface area contributed by atoms with E-state index in [1.54, 1.807) is 4.90 Å². The number of nitrogens with zero attached hydrogens (tertiary/aromatic N) is 1. The molecule has 0 aromatic heterocycles. The monoisotopic (exact) mass is 197 g/mol. The van der Waals surface area contributed by atoms with Crippen molar-refractivity contribution >= 4 is 11.9 Å². The SMILES string of the molecule is C[C@H]1CCO[C@H]1N1CCC(=N)NC1=O. The van der Waals surface area contributed by atoms with Crippen LogP contribution in [0.25, 0.3) is 0 Å². The lowest BCUT2D eigenvalue weighted by Crippen LogP contribution is -2.54. The van der Waals surface area contributed by atoms with Gasteiger partial charge < -0.3 is 4.74 Å². The van der Waals surface area contributed by atoms with Gasteiger partial charge in [0.1, 0.15) is 12.1 Å². The summed E-state index contributed by atoms with van der Waals surface area (Å²) in [7, 11) is 0. The van der Waals surface area contributed by atoms with Crippen molar-refractivity contribution in [1.82, 2.24) is 10.2 Å². The summed E-state index contributed by atoms with van der Waals surface area (Å²) >= 11 is 0. The van der Waals surface area contributed by atoms with E-state index >= 15 is 0 Å². The molecule has 2 saturated heterocycles. The van der Waals surface area contributed by atoms with Crippen LogP contribution in [-0.4, -0.2) is 36.1 Å². The maximum atomic E-state index is 11.5. The average molecular weight is 197 g/mol. The van der Waals surface area contributed by atoms with Gasteiger partial charge in [-0.3, -0.25) is 15.6 Å². The Morgan fingerprint density at radius 3 is 3.00 bits per heavy atom. The number of amides is 2. The van der Waals surface area contributed by atoms with Gasteiger partial charge in [0.2, 0.25) is 0 Å². The third-order valence-electron chi connectivity index (χ3n) is 2.78. The highest BCUT2D eigenvalue weighted by Gasteiger charge is 2.35. The minimum Gasteiger partial charge on any atom is -0.358 e. The summed E-state index contributed by atoms with van der Waals surface area (Å²) in [6.45, 7) is 3.41. The molecular weight excluding hydrogens is 182 g/mol. The second-order valence-corrected chi connectivity index (χ2v) is 3.88. The highest BCUT2D eigenvalue weighted by atomic mass is 16.5. The summed E-state index contributed by atoms with van der Waals surface area (Å²) in [5.41, 5.74) is 0. The van der Waals surface area contributed by atoms with E-state index in [2.05, 4.69) is 12.2 Å². The van der Waals surface area contributed by atoms with Gasteiger partial charge in [-0.1, -0.05) is 6.92 Å². The summed E-state index contributed by atoms with van der Waals surface area (Å²) in [4.78, 5) is 13.2. The molecule has 0 aromatic rings. The Hall–Kier alpha value is -1.10. The zero-order valence-electron chi connectivity index (χ0n) is 8.25. The molecule has 2 fully saturated rings. The van der Waals surface area contributed by atoms with Crippen LogP contribution in [-0.2, 0) is 4.74 Å². The van der Waals surface area contributed by atoms with Gasteiger partial charge in [0.25, 0.3) is 0 Å². The van der Waals surface area contributed by atoms with Crippen molar-refractivity contribution in [1.29, 1.82) is 5.41 Å². The smallest absolute Gasteiger partial charge is 0.324 e. The molecular formula is C9H15N3O2. The molecule has 0 bridgehead atoms. The first kappa shape index (κ1) is 9.45. The molecule has 2 amide bonds. The van der Waals surface area contributed by atoms with Crippen LogP contribution in [0.1, 0.15) is 19.8 Å². The quantitative estimate of drug-likeness (QED) is 0.651. The highest BCUT2D eigenvalue weighted by molar-refractivity contribution is 5.98. The molecule has 0 saturated carbocycles. The van der Waals surface area contributed by atoms with E-state index in [4.69, 9.17) is 10.1 Å². The average Bonchev–Trinajstić information content (AvgIpc) is 2.52. The predicted molar refractivity (Wildman–Crippen MR) is 51.1 cm³/mol. The molecule has 0 unspecified atom stereocenters. The highest BCUT2D eigenvalue weighted by Crippen LogP contribution is 2.24. The molecule has 0 radical (unpaired) electrons. The van der Waals surface area contributed by atoms with Crippen molar-refractivity contribution in [3.05, 3.63) is 0 Å². The molecule has 14 heavy (non-hydrogen) atoms. The summed E-state index contributed by atoms with van der Waals surface area (Å²) in [5.74, 6) is 0.699. The maximum Gasteiger partial charge on any atom is 0.324 e. The van der Waals surface area contributed by atoms with E-state index in [9.17, 15) is 4.79 Å². The van der Waals surface area contributed by atoms with Crippen molar-refractivity contribution in [3.8, 4) is 0 Å². The second-order valence-electron chi connectivity index (χ2n) is 3.88. The Morgan fingerprint density at radius 2 is 2.43 bits per heavy atom. The number of ether oxygens (including phenoxy) is 1. The van der Waals surface area contributed by atoms with Crippen LogP contribution in [0.4, 0.5) is 4.79 Å². The fourth-order valence-corrected chi connectivity index (χ4v) is 1.92. The van der Waals surface area contributed by atoms with Crippen molar-refractivity contribution in [3.63, 3.8) is 0 Å². The van der Waals surface area contributed by atoms with Gasteiger partial charge in [-0.05, 0) is 6.42 Å². The molecule has 0 aliphatic carbocycles. The molecule has 78 valence electrons. The van der Waals surface area contributed by atoms with E-state index in [1.807, 2.05) is 0 Å². The standard InChI is InChI=1S/C9H15N3O2/c1-6-3-5-14-8(6)12-4-2-7(10)11-9(12)13/h6,8H,2-5H2,1H3,(H2,10,11,13)/t6-,8+/m0/s1. The predicted octanol–water partition coefficient (Wildman–Crippen LogP) is 0.761. The normalized spacial score (nSPS) is 33.4. The number of nitrogens with one attached hydrogen (secondary N) is 2. The Morgan fingerprint density at radius 1 is 1.64 bits per heavy atom. The molecule has 2 aliphatic rings. The zero-order chi connectivity index (χ0) is 10.1. The van der Waals surface area contributed by atoms with Crippen molar-refractivity contribution in [2.45, 2.75) is 26.0 Å². The Kier molecular flexibility index (Phi) is 2.41. The lowest BCUT2D eigenvalue weighted by molar-refractivity contribution is -0.0136. The van der Waals surface area contributed by atoms with Gasteiger partial charge in [0, 0.05) is 25.5 Å². The number of carbonyl (C=O) groups excluding carboxylic acids is 1. The molecule has 0 spiro atoms. The van der Waals surface area contributed by atoms with Gasteiger partial charge in [-0.25, -0.2) is 4.79 Å². The fraction of sp³-hybridized carbons (Fsp3) is 0.778. The minimum absolute atomic E-state index is 0.0944. The Bertz CT molecular complexity index is 267. The van der Waals surface area contributed by atoms with E-state index in [0.29, 0.717) is 24.7 Å². The van der Waals surface area contributed by atoms with Crippen LogP contribution in [0, 0.1) is 11.3 Å². The maximum absolute atomic E-state index is 11.5. The number of carbonyl (C=O) groups is 1. The van der Waals surface area contributed by atoms with Crippen LogP contribution < -0.4 is 5.32 Å².